The van der Waals surface area contributed by atoms with Gasteiger partial charge in [0.2, 0.25) is 0 Å². The predicted octanol–water partition coefficient (Wildman–Crippen LogP) is 3.40. The second-order valence-electron chi connectivity index (χ2n) is 4.42. The lowest BCUT2D eigenvalue weighted by Gasteiger charge is -2.15. The summed E-state index contributed by atoms with van der Waals surface area (Å²) < 4.78 is 5.69. The first-order valence-electron chi connectivity index (χ1n) is 5.99. The third-order valence-electron chi connectivity index (χ3n) is 3.14. The van der Waals surface area contributed by atoms with Gasteiger partial charge in [0.05, 0.1) is 6.04 Å². The van der Waals surface area contributed by atoms with Crippen molar-refractivity contribution in [2.45, 2.75) is 26.3 Å². The Balaban J connectivity index is 2.18. The topological polar surface area (TPSA) is 25.2 Å². The van der Waals surface area contributed by atoms with E-state index < -0.39 is 0 Å². The number of nitrogens with one attached hydrogen (secondary N) is 1. The SMILES string of the molecule is CNC(Cc1ccccc1C)c1ccc(C)o1. The van der Waals surface area contributed by atoms with Crippen molar-refractivity contribution in [1.82, 2.24) is 5.32 Å². The lowest BCUT2D eigenvalue weighted by molar-refractivity contribution is 0.414. The number of rotatable bonds is 4. The lowest BCUT2D eigenvalue weighted by atomic mass is 10.00. The number of benzene rings is 1. The van der Waals surface area contributed by atoms with Gasteiger partial charge in [-0.15, -0.1) is 0 Å². The van der Waals surface area contributed by atoms with Crippen LogP contribution in [0.15, 0.2) is 40.8 Å². The minimum absolute atomic E-state index is 0.241. The molecule has 0 saturated heterocycles. The first-order chi connectivity index (χ1) is 8.20. The van der Waals surface area contributed by atoms with Crippen molar-refractivity contribution in [1.29, 1.82) is 0 Å². The van der Waals surface area contributed by atoms with Gasteiger partial charge in [0.25, 0.3) is 0 Å². The molecule has 1 unspecified atom stereocenters. The van der Waals surface area contributed by atoms with Crippen LogP contribution in [-0.4, -0.2) is 7.05 Å². The fourth-order valence-electron chi connectivity index (χ4n) is 2.04. The zero-order valence-electron chi connectivity index (χ0n) is 10.7. The zero-order chi connectivity index (χ0) is 12.3. The Morgan fingerprint density at radius 1 is 1.12 bits per heavy atom. The molecular formula is C15H19NO. The number of aryl methyl sites for hydroxylation is 2. The standard InChI is InChI=1S/C15H19NO/c1-11-6-4-5-7-13(11)10-14(16-3)15-9-8-12(2)17-15/h4-9,14,16H,10H2,1-3H3. The highest BCUT2D eigenvalue weighted by Crippen LogP contribution is 2.21. The molecule has 2 aromatic rings. The van der Waals surface area contributed by atoms with Crippen molar-refractivity contribution < 1.29 is 4.42 Å². The summed E-state index contributed by atoms with van der Waals surface area (Å²) in [5.74, 6) is 1.97. The zero-order valence-corrected chi connectivity index (χ0v) is 10.7. The number of furan rings is 1. The van der Waals surface area contributed by atoms with Crippen molar-refractivity contribution in [3.63, 3.8) is 0 Å². The maximum atomic E-state index is 5.69. The van der Waals surface area contributed by atoms with Gasteiger partial charge in [-0.1, -0.05) is 24.3 Å². The molecule has 0 aliphatic carbocycles. The van der Waals surface area contributed by atoms with Crippen LogP contribution < -0.4 is 5.32 Å². The molecule has 2 rings (SSSR count). The summed E-state index contributed by atoms with van der Waals surface area (Å²) >= 11 is 0. The Morgan fingerprint density at radius 3 is 2.47 bits per heavy atom. The maximum Gasteiger partial charge on any atom is 0.121 e. The molecule has 1 atom stereocenters. The van der Waals surface area contributed by atoms with Crippen molar-refractivity contribution >= 4 is 0 Å². The second-order valence-corrected chi connectivity index (χ2v) is 4.42. The van der Waals surface area contributed by atoms with E-state index in [0.717, 1.165) is 17.9 Å². The second kappa shape index (κ2) is 5.19. The molecule has 0 fully saturated rings. The van der Waals surface area contributed by atoms with Crippen LogP contribution in [0.3, 0.4) is 0 Å². The van der Waals surface area contributed by atoms with E-state index in [1.165, 1.54) is 11.1 Å². The first-order valence-corrected chi connectivity index (χ1v) is 5.99. The number of hydrogen-bond donors (Lipinski definition) is 1. The smallest absolute Gasteiger partial charge is 0.121 e. The van der Waals surface area contributed by atoms with Crippen molar-refractivity contribution in [2.75, 3.05) is 7.05 Å². The quantitative estimate of drug-likeness (QED) is 0.869. The third kappa shape index (κ3) is 2.77. The minimum Gasteiger partial charge on any atom is -0.465 e. The van der Waals surface area contributed by atoms with Gasteiger partial charge in [-0.25, -0.2) is 0 Å². The molecule has 1 N–H and O–H groups in total. The minimum atomic E-state index is 0.241. The highest BCUT2D eigenvalue weighted by molar-refractivity contribution is 5.27. The normalized spacial score (nSPS) is 12.6. The molecular weight excluding hydrogens is 210 g/mol. The fraction of sp³-hybridized carbons (Fsp3) is 0.333. The van der Waals surface area contributed by atoms with Crippen LogP contribution in [0.4, 0.5) is 0 Å². The average molecular weight is 229 g/mol. The molecule has 1 aromatic carbocycles. The van der Waals surface area contributed by atoms with Crippen LogP contribution in [0.5, 0.6) is 0 Å². The summed E-state index contributed by atoms with van der Waals surface area (Å²) in [6, 6.07) is 12.8. The summed E-state index contributed by atoms with van der Waals surface area (Å²) in [4.78, 5) is 0. The summed E-state index contributed by atoms with van der Waals surface area (Å²) in [7, 11) is 1.97. The highest BCUT2D eigenvalue weighted by Gasteiger charge is 2.14. The lowest BCUT2D eigenvalue weighted by Crippen LogP contribution is -2.18. The van der Waals surface area contributed by atoms with E-state index in [-0.39, 0.29) is 6.04 Å². The van der Waals surface area contributed by atoms with E-state index in [9.17, 15) is 0 Å². The molecule has 90 valence electrons. The Hall–Kier alpha value is -1.54. The molecule has 0 radical (unpaired) electrons. The van der Waals surface area contributed by atoms with Crippen molar-refractivity contribution in [3.8, 4) is 0 Å². The van der Waals surface area contributed by atoms with E-state index in [2.05, 4.69) is 42.6 Å². The summed E-state index contributed by atoms with van der Waals surface area (Å²) in [5.41, 5.74) is 2.69. The Morgan fingerprint density at radius 2 is 1.88 bits per heavy atom. The molecule has 0 saturated carbocycles. The van der Waals surface area contributed by atoms with E-state index in [0.29, 0.717) is 0 Å². The first kappa shape index (κ1) is 11.9. The molecule has 2 nitrogen and oxygen atoms in total. The van der Waals surface area contributed by atoms with E-state index in [1.807, 2.05) is 20.0 Å². The van der Waals surface area contributed by atoms with Crippen LogP contribution in [0, 0.1) is 13.8 Å². The van der Waals surface area contributed by atoms with Crippen LogP contribution in [0.2, 0.25) is 0 Å². The fourth-order valence-corrected chi connectivity index (χ4v) is 2.04. The third-order valence-corrected chi connectivity index (χ3v) is 3.14. The molecule has 1 aromatic heterocycles. The van der Waals surface area contributed by atoms with E-state index >= 15 is 0 Å². The molecule has 2 heteroatoms. The van der Waals surface area contributed by atoms with Gasteiger partial charge in [0, 0.05) is 0 Å². The van der Waals surface area contributed by atoms with Crippen LogP contribution in [0.1, 0.15) is 28.7 Å². The number of likely N-dealkylation sites (N-methyl/N-ethyl adjacent to an activating group) is 1. The molecule has 0 bridgehead atoms. The van der Waals surface area contributed by atoms with Crippen molar-refractivity contribution in [2.24, 2.45) is 0 Å². The maximum absolute atomic E-state index is 5.69. The highest BCUT2D eigenvalue weighted by atomic mass is 16.3. The molecule has 17 heavy (non-hydrogen) atoms. The number of hydrogen-bond acceptors (Lipinski definition) is 2. The predicted molar refractivity (Wildman–Crippen MR) is 70.1 cm³/mol. The average Bonchev–Trinajstić information content (AvgIpc) is 2.75. The Labute approximate surface area is 103 Å². The molecule has 0 aliphatic rings. The monoisotopic (exact) mass is 229 g/mol. The van der Waals surface area contributed by atoms with Gasteiger partial charge < -0.3 is 9.73 Å². The van der Waals surface area contributed by atoms with Gasteiger partial charge in [-0.2, -0.15) is 0 Å². The molecule has 0 aliphatic heterocycles. The summed E-state index contributed by atoms with van der Waals surface area (Å²) in [6.45, 7) is 4.12. The van der Waals surface area contributed by atoms with Gasteiger partial charge in [0.1, 0.15) is 11.5 Å². The van der Waals surface area contributed by atoms with Crippen molar-refractivity contribution in [3.05, 3.63) is 59.0 Å². The molecule has 0 spiro atoms. The Bertz CT molecular complexity index is 487. The van der Waals surface area contributed by atoms with Crippen LogP contribution in [0.25, 0.3) is 0 Å². The summed E-state index contributed by atoms with van der Waals surface area (Å²) in [6.07, 6.45) is 0.954. The van der Waals surface area contributed by atoms with E-state index in [4.69, 9.17) is 4.42 Å². The largest absolute Gasteiger partial charge is 0.465 e. The molecule has 0 amide bonds. The van der Waals surface area contributed by atoms with Gasteiger partial charge in [-0.3, -0.25) is 0 Å². The van der Waals surface area contributed by atoms with Gasteiger partial charge in [-0.05, 0) is 50.6 Å². The van der Waals surface area contributed by atoms with Gasteiger partial charge >= 0.3 is 0 Å². The van der Waals surface area contributed by atoms with Crippen LogP contribution >= 0.6 is 0 Å². The molecule has 1 heterocycles. The van der Waals surface area contributed by atoms with Gasteiger partial charge in [0.15, 0.2) is 0 Å². The van der Waals surface area contributed by atoms with Crippen LogP contribution in [-0.2, 0) is 6.42 Å². The summed E-state index contributed by atoms with van der Waals surface area (Å²) in [5, 5.41) is 3.31. The van der Waals surface area contributed by atoms with E-state index in [1.54, 1.807) is 0 Å². The Kier molecular flexibility index (Phi) is 3.64.